The molecule has 1 fully saturated rings. The topological polar surface area (TPSA) is 64.4 Å². The lowest BCUT2D eigenvalue weighted by Gasteiger charge is -2.23. The molecule has 0 aliphatic heterocycles. The number of rotatable bonds is 6. The lowest BCUT2D eigenvalue weighted by molar-refractivity contribution is -0.133. The smallest absolute Gasteiger partial charge is 0.261 e. The number of halogens is 1. The number of carbonyl (C=O) groups is 1. The van der Waals surface area contributed by atoms with Crippen molar-refractivity contribution >= 4 is 32.7 Å². The van der Waals surface area contributed by atoms with Crippen LogP contribution in [-0.4, -0.2) is 33.5 Å². The largest absolute Gasteiger partial charge is 0.497 e. The summed E-state index contributed by atoms with van der Waals surface area (Å²) < 4.78 is 7.39. The van der Waals surface area contributed by atoms with E-state index >= 15 is 0 Å². The molecular formula is C21H20BrN3O3. The van der Waals surface area contributed by atoms with E-state index in [1.807, 2.05) is 35.2 Å². The Labute approximate surface area is 170 Å². The molecule has 0 bridgehead atoms. The van der Waals surface area contributed by atoms with Gasteiger partial charge in [-0.05, 0) is 48.7 Å². The zero-order chi connectivity index (χ0) is 19.7. The highest BCUT2D eigenvalue weighted by Crippen LogP contribution is 2.29. The standard InChI is InChI=1S/C21H20BrN3O3/c1-28-17-7-2-14(3-8-17)11-25(16-5-6-16)20(26)12-24-13-23-19-9-4-15(22)10-18(19)21(24)27/h2-4,7-10,13,16H,5-6,11-12H2,1H3. The van der Waals surface area contributed by atoms with Crippen LogP contribution in [0.2, 0.25) is 0 Å². The van der Waals surface area contributed by atoms with Gasteiger partial charge in [-0.1, -0.05) is 28.1 Å². The molecule has 1 saturated carbocycles. The molecule has 0 radical (unpaired) electrons. The van der Waals surface area contributed by atoms with Crippen molar-refractivity contribution in [3.05, 3.63) is 69.2 Å². The fourth-order valence-electron chi connectivity index (χ4n) is 3.22. The Morgan fingerprint density at radius 3 is 2.68 bits per heavy atom. The summed E-state index contributed by atoms with van der Waals surface area (Å²) in [6.45, 7) is 0.510. The van der Waals surface area contributed by atoms with E-state index in [-0.39, 0.29) is 24.1 Å². The van der Waals surface area contributed by atoms with Crippen LogP contribution in [-0.2, 0) is 17.9 Å². The van der Waals surface area contributed by atoms with Crippen LogP contribution in [0.3, 0.4) is 0 Å². The summed E-state index contributed by atoms with van der Waals surface area (Å²) in [7, 11) is 1.63. The highest BCUT2D eigenvalue weighted by atomic mass is 79.9. The van der Waals surface area contributed by atoms with Crippen LogP contribution >= 0.6 is 15.9 Å². The van der Waals surface area contributed by atoms with Gasteiger partial charge in [0, 0.05) is 17.1 Å². The molecule has 4 rings (SSSR count). The Hall–Kier alpha value is -2.67. The molecular weight excluding hydrogens is 422 g/mol. The van der Waals surface area contributed by atoms with E-state index in [4.69, 9.17) is 4.74 Å². The van der Waals surface area contributed by atoms with Crippen LogP contribution in [0.4, 0.5) is 0 Å². The molecule has 0 spiro atoms. The average Bonchev–Trinajstić information content (AvgIpc) is 3.54. The van der Waals surface area contributed by atoms with Crippen LogP contribution in [0.15, 0.2) is 58.1 Å². The summed E-state index contributed by atoms with van der Waals surface area (Å²) in [6, 6.07) is 13.3. The van der Waals surface area contributed by atoms with Gasteiger partial charge in [-0.2, -0.15) is 0 Å². The molecule has 0 unspecified atom stereocenters. The number of nitrogens with zero attached hydrogens (tertiary/aromatic N) is 3. The van der Waals surface area contributed by atoms with Gasteiger partial charge in [0.05, 0.1) is 24.3 Å². The molecule has 28 heavy (non-hydrogen) atoms. The third-order valence-corrected chi connectivity index (χ3v) is 5.40. The fourth-order valence-corrected chi connectivity index (χ4v) is 3.58. The number of amides is 1. The maximum atomic E-state index is 13.0. The first kappa shape index (κ1) is 18.7. The molecule has 7 heteroatoms. The van der Waals surface area contributed by atoms with E-state index in [1.54, 1.807) is 19.2 Å². The Morgan fingerprint density at radius 2 is 2.00 bits per heavy atom. The zero-order valence-corrected chi connectivity index (χ0v) is 17.1. The number of benzene rings is 2. The van der Waals surface area contributed by atoms with Gasteiger partial charge in [-0.25, -0.2) is 4.98 Å². The van der Waals surface area contributed by atoms with Crippen molar-refractivity contribution in [2.24, 2.45) is 0 Å². The first-order valence-electron chi connectivity index (χ1n) is 9.12. The van der Waals surface area contributed by atoms with Gasteiger partial charge in [0.2, 0.25) is 5.91 Å². The minimum absolute atomic E-state index is 0.0130. The Bertz CT molecular complexity index is 1070. The Morgan fingerprint density at radius 1 is 1.25 bits per heavy atom. The molecule has 2 aromatic carbocycles. The van der Waals surface area contributed by atoms with Crippen LogP contribution in [0.25, 0.3) is 10.9 Å². The molecule has 0 atom stereocenters. The van der Waals surface area contributed by atoms with Crippen molar-refractivity contribution in [1.29, 1.82) is 0 Å². The SMILES string of the molecule is COc1ccc(CN(C(=O)Cn2cnc3ccc(Br)cc3c2=O)C2CC2)cc1. The predicted octanol–water partition coefficient (Wildman–Crippen LogP) is 3.36. The molecule has 1 aromatic heterocycles. The second-order valence-electron chi connectivity index (χ2n) is 6.94. The lowest BCUT2D eigenvalue weighted by atomic mass is 10.2. The fraction of sp³-hybridized carbons (Fsp3) is 0.286. The number of hydrogen-bond acceptors (Lipinski definition) is 4. The number of aromatic nitrogens is 2. The van der Waals surface area contributed by atoms with Crippen molar-refractivity contribution in [1.82, 2.24) is 14.5 Å². The van der Waals surface area contributed by atoms with E-state index in [1.165, 1.54) is 10.9 Å². The summed E-state index contributed by atoms with van der Waals surface area (Å²) in [5.74, 6) is 0.713. The van der Waals surface area contributed by atoms with Crippen molar-refractivity contribution < 1.29 is 9.53 Å². The van der Waals surface area contributed by atoms with Gasteiger partial charge in [0.25, 0.3) is 5.56 Å². The highest BCUT2D eigenvalue weighted by Gasteiger charge is 2.32. The summed E-state index contributed by atoms with van der Waals surface area (Å²) >= 11 is 3.38. The predicted molar refractivity (Wildman–Crippen MR) is 110 cm³/mol. The number of fused-ring (bicyclic) bond motifs is 1. The maximum Gasteiger partial charge on any atom is 0.261 e. The van der Waals surface area contributed by atoms with Crippen molar-refractivity contribution in [3.63, 3.8) is 0 Å². The second-order valence-corrected chi connectivity index (χ2v) is 7.86. The van der Waals surface area contributed by atoms with Gasteiger partial charge in [0.1, 0.15) is 12.3 Å². The van der Waals surface area contributed by atoms with E-state index in [2.05, 4.69) is 20.9 Å². The van der Waals surface area contributed by atoms with Gasteiger partial charge in [0.15, 0.2) is 0 Å². The average molecular weight is 442 g/mol. The normalized spacial score (nSPS) is 13.5. The minimum atomic E-state index is -0.208. The molecule has 3 aromatic rings. The van der Waals surface area contributed by atoms with Gasteiger partial charge >= 0.3 is 0 Å². The highest BCUT2D eigenvalue weighted by molar-refractivity contribution is 9.10. The van der Waals surface area contributed by atoms with E-state index in [0.29, 0.717) is 17.4 Å². The van der Waals surface area contributed by atoms with E-state index < -0.39 is 0 Å². The van der Waals surface area contributed by atoms with Gasteiger partial charge < -0.3 is 9.64 Å². The third-order valence-electron chi connectivity index (χ3n) is 4.91. The van der Waals surface area contributed by atoms with Crippen LogP contribution < -0.4 is 10.3 Å². The zero-order valence-electron chi connectivity index (χ0n) is 15.5. The molecule has 6 nitrogen and oxygen atoms in total. The Kier molecular flexibility index (Phi) is 5.17. The van der Waals surface area contributed by atoms with Gasteiger partial charge in [-0.3, -0.25) is 14.2 Å². The lowest BCUT2D eigenvalue weighted by Crippen LogP contribution is -2.37. The van der Waals surface area contributed by atoms with Crippen molar-refractivity contribution in [2.45, 2.75) is 32.0 Å². The van der Waals surface area contributed by atoms with Crippen LogP contribution in [0.5, 0.6) is 5.75 Å². The molecule has 1 amide bonds. The molecule has 1 aliphatic rings. The molecule has 144 valence electrons. The summed E-state index contributed by atoms with van der Waals surface area (Å²) in [6.07, 6.45) is 3.45. The number of carbonyl (C=O) groups excluding carboxylic acids is 1. The first-order valence-corrected chi connectivity index (χ1v) is 9.91. The summed E-state index contributed by atoms with van der Waals surface area (Å²) in [4.78, 5) is 31.9. The van der Waals surface area contributed by atoms with Crippen molar-refractivity contribution in [3.8, 4) is 5.75 Å². The monoisotopic (exact) mass is 441 g/mol. The Balaban J connectivity index is 1.56. The van der Waals surface area contributed by atoms with E-state index in [0.717, 1.165) is 28.6 Å². The first-order chi connectivity index (χ1) is 13.5. The second kappa shape index (κ2) is 7.75. The third kappa shape index (κ3) is 3.94. The number of hydrogen-bond donors (Lipinski definition) is 0. The van der Waals surface area contributed by atoms with Crippen LogP contribution in [0, 0.1) is 0 Å². The number of ether oxygens (including phenoxy) is 1. The van der Waals surface area contributed by atoms with Crippen molar-refractivity contribution in [2.75, 3.05) is 7.11 Å². The quantitative estimate of drug-likeness (QED) is 0.588. The minimum Gasteiger partial charge on any atom is -0.497 e. The molecule has 1 aliphatic carbocycles. The summed E-state index contributed by atoms with van der Waals surface area (Å²) in [5.41, 5.74) is 1.45. The maximum absolute atomic E-state index is 13.0. The van der Waals surface area contributed by atoms with Crippen LogP contribution in [0.1, 0.15) is 18.4 Å². The summed E-state index contributed by atoms with van der Waals surface area (Å²) in [5, 5.41) is 0.498. The molecule has 0 N–H and O–H groups in total. The number of methoxy groups -OCH3 is 1. The molecule has 0 saturated heterocycles. The molecule has 1 heterocycles. The van der Waals surface area contributed by atoms with Gasteiger partial charge in [-0.15, -0.1) is 0 Å². The van der Waals surface area contributed by atoms with E-state index in [9.17, 15) is 9.59 Å².